The third-order valence-electron chi connectivity index (χ3n) is 2.89. The lowest BCUT2D eigenvalue weighted by atomic mass is 10.4. The molecule has 1 fully saturated rings. The van der Waals surface area contributed by atoms with Gasteiger partial charge in [0.15, 0.2) is 0 Å². The topological polar surface area (TPSA) is 39.1 Å². The van der Waals surface area contributed by atoms with Crippen molar-refractivity contribution >= 4 is 5.95 Å². The molecule has 0 unspecified atom stereocenters. The van der Waals surface area contributed by atoms with Gasteiger partial charge in [0, 0.05) is 32.0 Å². The Bertz CT molecular complexity index is 344. The summed E-state index contributed by atoms with van der Waals surface area (Å²) in [6.45, 7) is 6.83. The van der Waals surface area contributed by atoms with Crippen molar-refractivity contribution in [2.45, 2.75) is 45.6 Å². The Hall–Kier alpha value is -1.03. The second kappa shape index (κ2) is 6.05. The Morgan fingerprint density at radius 1 is 1.47 bits per heavy atom. The predicted molar refractivity (Wildman–Crippen MR) is 69.5 cm³/mol. The first kappa shape index (κ1) is 12.4. The fourth-order valence-corrected chi connectivity index (χ4v) is 1.90. The van der Waals surface area contributed by atoms with Gasteiger partial charge in [0.25, 0.3) is 0 Å². The Morgan fingerprint density at radius 2 is 2.29 bits per heavy atom. The number of hydrogen-bond donors (Lipinski definition) is 1. The molecule has 0 spiro atoms. The van der Waals surface area contributed by atoms with Crippen molar-refractivity contribution < 1.29 is 4.74 Å². The second-order valence-corrected chi connectivity index (χ2v) is 4.74. The number of imidazole rings is 1. The van der Waals surface area contributed by atoms with E-state index in [9.17, 15) is 0 Å². The van der Waals surface area contributed by atoms with Crippen LogP contribution in [0, 0.1) is 6.92 Å². The molecular weight excluding hydrogens is 214 g/mol. The van der Waals surface area contributed by atoms with Gasteiger partial charge in [0.2, 0.25) is 5.95 Å². The van der Waals surface area contributed by atoms with E-state index in [0.29, 0.717) is 6.04 Å². The summed E-state index contributed by atoms with van der Waals surface area (Å²) in [7, 11) is 0. The Balaban J connectivity index is 1.71. The molecule has 2 rings (SSSR count). The van der Waals surface area contributed by atoms with Crippen LogP contribution >= 0.6 is 0 Å². The van der Waals surface area contributed by atoms with E-state index in [1.807, 2.05) is 0 Å². The van der Waals surface area contributed by atoms with Gasteiger partial charge in [0.1, 0.15) is 0 Å². The second-order valence-electron chi connectivity index (χ2n) is 4.74. The quantitative estimate of drug-likeness (QED) is 0.707. The average Bonchev–Trinajstić information content (AvgIpc) is 3.08. The van der Waals surface area contributed by atoms with Gasteiger partial charge >= 0.3 is 0 Å². The molecule has 0 amide bonds. The van der Waals surface area contributed by atoms with Crippen LogP contribution in [0.3, 0.4) is 0 Å². The maximum absolute atomic E-state index is 5.45. The maximum Gasteiger partial charge on any atom is 0.203 e. The molecule has 0 aliphatic heterocycles. The van der Waals surface area contributed by atoms with E-state index in [2.05, 4.69) is 34.9 Å². The molecule has 0 radical (unpaired) electrons. The van der Waals surface area contributed by atoms with Crippen LogP contribution < -0.4 is 5.32 Å². The fraction of sp³-hybridized carbons (Fsp3) is 0.769. The summed E-state index contributed by atoms with van der Waals surface area (Å²) in [5, 5.41) is 3.40. The summed E-state index contributed by atoms with van der Waals surface area (Å²) in [5.74, 6) is 1.03. The number of ether oxygens (including phenoxy) is 1. The van der Waals surface area contributed by atoms with Crippen molar-refractivity contribution in [3.63, 3.8) is 0 Å². The highest BCUT2D eigenvalue weighted by atomic mass is 16.5. The summed E-state index contributed by atoms with van der Waals surface area (Å²) in [6, 6.07) is 0.690. The number of aryl methyl sites for hydroxylation is 1. The van der Waals surface area contributed by atoms with Crippen molar-refractivity contribution in [1.82, 2.24) is 9.55 Å². The third-order valence-corrected chi connectivity index (χ3v) is 2.89. The summed E-state index contributed by atoms with van der Waals surface area (Å²) in [6.07, 6.45) is 6.87. The van der Waals surface area contributed by atoms with Crippen molar-refractivity contribution in [3.05, 3.63) is 11.9 Å². The average molecular weight is 237 g/mol. The van der Waals surface area contributed by atoms with Gasteiger partial charge < -0.3 is 14.6 Å². The molecule has 1 aromatic rings. The van der Waals surface area contributed by atoms with Crippen molar-refractivity contribution in [2.24, 2.45) is 0 Å². The molecule has 4 heteroatoms. The van der Waals surface area contributed by atoms with Crippen LogP contribution in [-0.4, -0.2) is 29.3 Å². The van der Waals surface area contributed by atoms with E-state index >= 15 is 0 Å². The largest absolute Gasteiger partial charge is 0.381 e. The number of anilines is 1. The van der Waals surface area contributed by atoms with Crippen molar-refractivity contribution in [2.75, 3.05) is 25.1 Å². The molecule has 1 aromatic heterocycles. The molecule has 0 aromatic carbocycles. The van der Waals surface area contributed by atoms with Gasteiger partial charge in [-0.05, 0) is 32.6 Å². The monoisotopic (exact) mass is 237 g/mol. The van der Waals surface area contributed by atoms with Crippen LogP contribution in [-0.2, 0) is 4.74 Å². The number of nitrogens with zero attached hydrogens (tertiary/aromatic N) is 2. The van der Waals surface area contributed by atoms with E-state index in [-0.39, 0.29) is 0 Å². The van der Waals surface area contributed by atoms with Crippen LogP contribution in [0.15, 0.2) is 6.20 Å². The first-order chi connectivity index (χ1) is 8.31. The number of aromatic nitrogens is 2. The van der Waals surface area contributed by atoms with E-state index in [0.717, 1.165) is 44.2 Å². The van der Waals surface area contributed by atoms with Crippen LogP contribution in [0.5, 0.6) is 0 Å². The van der Waals surface area contributed by atoms with E-state index in [1.165, 1.54) is 12.8 Å². The highest BCUT2D eigenvalue weighted by Gasteiger charge is 2.25. The third kappa shape index (κ3) is 3.73. The predicted octanol–water partition coefficient (Wildman–Crippen LogP) is 2.76. The van der Waals surface area contributed by atoms with E-state index in [1.54, 1.807) is 0 Å². The highest BCUT2D eigenvalue weighted by Crippen LogP contribution is 2.37. The SMILES string of the molecule is CCCOCCCNc1nc(C)cn1C1CC1. The zero-order valence-electron chi connectivity index (χ0n) is 10.9. The summed E-state index contributed by atoms with van der Waals surface area (Å²) < 4.78 is 7.73. The molecule has 0 atom stereocenters. The Morgan fingerprint density at radius 3 is 3.00 bits per heavy atom. The lowest BCUT2D eigenvalue weighted by Crippen LogP contribution is -2.10. The van der Waals surface area contributed by atoms with Crippen molar-refractivity contribution in [3.8, 4) is 0 Å². The van der Waals surface area contributed by atoms with Gasteiger partial charge in [-0.25, -0.2) is 4.98 Å². The normalized spacial score (nSPS) is 15.2. The van der Waals surface area contributed by atoms with Crippen LogP contribution in [0.2, 0.25) is 0 Å². The molecular formula is C13H23N3O. The maximum atomic E-state index is 5.45. The van der Waals surface area contributed by atoms with Gasteiger partial charge in [-0.2, -0.15) is 0 Å². The summed E-state index contributed by atoms with van der Waals surface area (Å²) >= 11 is 0. The molecule has 1 aliphatic carbocycles. The smallest absolute Gasteiger partial charge is 0.203 e. The highest BCUT2D eigenvalue weighted by molar-refractivity contribution is 5.30. The van der Waals surface area contributed by atoms with E-state index < -0.39 is 0 Å². The fourth-order valence-electron chi connectivity index (χ4n) is 1.90. The summed E-state index contributed by atoms with van der Waals surface area (Å²) in [4.78, 5) is 4.52. The standard InChI is InChI=1S/C13H23N3O/c1-3-8-17-9-4-7-14-13-15-11(2)10-16(13)12-5-6-12/h10,12H,3-9H2,1-2H3,(H,14,15). The van der Waals surface area contributed by atoms with Crippen molar-refractivity contribution in [1.29, 1.82) is 0 Å². The minimum absolute atomic E-state index is 0.690. The van der Waals surface area contributed by atoms with Gasteiger partial charge in [-0.1, -0.05) is 6.92 Å². The Labute approximate surface area is 103 Å². The molecule has 0 saturated heterocycles. The molecule has 96 valence electrons. The lowest BCUT2D eigenvalue weighted by molar-refractivity contribution is 0.134. The van der Waals surface area contributed by atoms with Crippen LogP contribution in [0.1, 0.15) is 44.3 Å². The number of hydrogen-bond acceptors (Lipinski definition) is 3. The minimum atomic E-state index is 0.690. The molecule has 4 nitrogen and oxygen atoms in total. The number of rotatable bonds is 8. The molecule has 1 saturated carbocycles. The lowest BCUT2D eigenvalue weighted by Gasteiger charge is -2.08. The van der Waals surface area contributed by atoms with E-state index in [4.69, 9.17) is 4.74 Å². The number of nitrogens with one attached hydrogen (secondary N) is 1. The summed E-state index contributed by atoms with van der Waals surface area (Å²) in [5.41, 5.74) is 1.10. The zero-order valence-corrected chi connectivity index (χ0v) is 10.9. The molecule has 1 heterocycles. The zero-order chi connectivity index (χ0) is 12.1. The first-order valence-corrected chi connectivity index (χ1v) is 6.68. The molecule has 1 N–H and O–H groups in total. The van der Waals surface area contributed by atoms with Gasteiger partial charge in [0.05, 0.1) is 5.69 Å². The van der Waals surface area contributed by atoms with Gasteiger partial charge in [-0.15, -0.1) is 0 Å². The molecule has 0 bridgehead atoms. The Kier molecular flexibility index (Phi) is 4.42. The minimum Gasteiger partial charge on any atom is -0.381 e. The first-order valence-electron chi connectivity index (χ1n) is 6.68. The molecule has 1 aliphatic rings. The van der Waals surface area contributed by atoms with Crippen LogP contribution in [0.4, 0.5) is 5.95 Å². The van der Waals surface area contributed by atoms with Gasteiger partial charge in [-0.3, -0.25) is 0 Å². The van der Waals surface area contributed by atoms with Crippen LogP contribution in [0.25, 0.3) is 0 Å². The molecule has 17 heavy (non-hydrogen) atoms.